The van der Waals surface area contributed by atoms with E-state index in [1.165, 1.54) is 5.56 Å². The molecule has 4 nitrogen and oxygen atoms in total. The summed E-state index contributed by atoms with van der Waals surface area (Å²) in [5.41, 5.74) is 9.32. The molecule has 0 saturated heterocycles. The zero-order valence-corrected chi connectivity index (χ0v) is 14.4. The summed E-state index contributed by atoms with van der Waals surface area (Å²) in [6.45, 7) is 9.14. The second kappa shape index (κ2) is 7.40. The number of hydrogen-bond donors (Lipinski definition) is 2. The number of nitrogens with one attached hydrogen (secondary N) is 1. The van der Waals surface area contributed by atoms with Crippen LogP contribution in [0.25, 0.3) is 0 Å². The van der Waals surface area contributed by atoms with E-state index in [0.717, 1.165) is 16.4 Å². The Morgan fingerprint density at radius 3 is 2.68 bits per heavy atom. The molecule has 1 aromatic heterocycles. The number of hydrogen-bond acceptors (Lipinski definition) is 3. The Morgan fingerprint density at radius 2 is 2.05 bits per heavy atom. The highest BCUT2D eigenvalue weighted by molar-refractivity contribution is 7.09. The second-order valence-electron chi connectivity index (χ2n) is 5.93. The molecule has 0 atom stereocenters. The number of aromatic nitrogens is 1. The average molecular weight is 316 g/mol. The zero-order chi connectivity index (χ0) is 16.1. The Balaban J connectivity index is 1.98. The summed E-state index contributed by atoms with van der Waals surface area (Å²) < 4.78 is 0. The lowest BCUT2D eigenvalue weighted by molar-refractivity contribution is 0.821. The number of guanidine groups is 1. The van der Waals surface area contributed by atoms with E-state index >= 15 is 0 Å². The lowest BCUT2D eigenvalue weighted by atomic mass is 10.0. The number of nitrogens with zero attached hydrogens (tertiary/aromatic N) is 2. The van der Waals surface area contributed by atoms with Gasteiger partial charge in [0.25, 0.3) is 0 Å². The van der Waals surface area contributed by atoms with Gasteiger partial charge >= 0.3 is 0 Å². The topological polar surface area (TPSA) is 63.3 Å². The summed E-state index contributed by atoms with van der Waals surface area (Å²) in [7, 11) is 0. The quantitative estimate of drug-likeness (QED) is 0.638. The highest BCUT2D eigenvalue weighted by Gasteiger charge is 2.05. The van der Waals surface area contributed by atoms with E-state index in [4.69, 9.17) is 5.73 Å². The van der Waals surface area contributed by atoms with Crippen LogP contribution < -0.4 is 11.1 Å². The monoisotopic (exact) mass is 316 g/mol. The standard InChI is InChI=1S/C17H24N4S/c1-11(2)13-6-5-7-14(8-13)20-17(18)19-9-16-21-15(10-22-16)12(3)4/h5-8,10-12H,9H2,1-4H3,(H3,18,19,20). The van der Waals surface area contributed by atoms with Crippen molar-refractivity contribution in [3.8, 4) is 0 Å². The zero-order valence-electron chi connectivity index (χ0n) is 13.6. The minimum absolute atomic E-state index is 0.419. The minimum Gasteiger partial charge on any atom is -0.370 e. The van der Waals surface area contributed by atoms with Gasteiger partial charge < -0.3 is 11.1 Å². The maximum Gasteiger partial charge on any atom is 0.193 e. The van der Waals surface area contributed by atoms with Crippen molar-refractivity contribution in [2.45, 2.75) is 46.1 Å². The van der Waals surface area contributed by atoms with Crippen molar-refractivity contribution in [1.29, 1.82) is 0 Å². The molecule has 0 saturated carbocycles. The molecule has 0 spiro atoms. The molecule has 3 N–H and O–H groups in total. The third-order valence-electron chi connectivity index (χ3n) is 3.37. The third kappa shape index (κ3) is 4.56. The van der Waals surface area contributed by atoms with Crippen LogP contribution in [0.3, 0.4) is 0 Å². The number of aliphatic imine (C=N–C) groups is 1. The van der Waals surface area contributed by atoms with Crippen molar-refractivity contribution >= 4 is 23.0 Å². The van der Waals surface area contributed by atoms with Crippen molar-refractivity contribution in [2.24, 2.45) is 10.7 Å². The van der Waals surface area contributed by atoms with E-state index in [2.05, 4.69) is 60.5 Å². The molecule has 1 heterocycles. The number of rotatable bonds is 5. The minimum atomic E-state index is 0.419. The van der Waals surface area contributed by atoms with Crippen molar-refractivity contribution in [3.05, 3.63) is 45.9 Å². The summed E-state index contributed by atoms with van der Waals surface area (Å²) in [6.07, 6.45) is 0. The summed E-state index contributed by atoms with van der Waals surface area (Å²) >= 11 is 1.63. The molecular formula is C17H24N4S. The molecule has 0 radical (unpaired) electrons. The summed E-state index contributed by atoms with van der Waals surface area (Å²) in [5.74, 6) is 1.36. The highest BCUT2D eigenvalue weighted by atomic mass is 32.1. The Bertz CT molecular complexity index is 644. The molecule has 118 valence electrons. The summed E-state index contributed by atoms with van der Waals surface area (Å²) in [4.78, 5) is 8.92. The Labute approximate surface area is 136 Å². The Hall–Kier alpha value is -1.88. The van der Waals surface area contributed by atoms with Crippen LogP contribution in [-0.2, 0) is 6.54 Å². The van der Waals surface area contributed by atoms with E-state index in [1.54, 1.807) is 11.3 Å². The van der Waals surface area contributed by atoms with Gasteiger partial charge in [-0.1, -0.05) is 39.8 Å². The van der Waals surface area contributed by atoms with Crippen LogP contribution in [0.15, 0.2) is 34.6 Å². The number of anilines is 1. The molecule has 0 bridgehead atoms. The number of thiazole rings is 1. The van der Waals surface area contributed by atoms with Crippen LogP contribution in [0.5, 0.6) is 0 Å². The smallest absolute Gasteiger partial charge is 0.193 e. The molecule has 0 aliphatic heterocycles. The van der Waals surface area contributed by atoms with E-state index in [9.17, 15) is 0 Å². The van der Waals surface area contributed by atoms with Gasteiger partial charge in [-0.25, -0.2) is 9.98 Å². The summed E-state index contributed by atoms with van der Waals surface area (Å²) in [5, 5.41) is 6.22. The van der Waals surface area contributed by atoms with Gasteiger partial charge in [-0.05, 0) is 29.5 Å². The second-order valence-corrected chi connectivity index (χ2v) is 6.87. The van der Waals surface area contributed by atoms with Gasteiger partial charge in [0, 0.05) is 11.1 Å². The van der Waals surface area contributed by atoms with Crippen molar-refractivity contribution in [3.63, 3.8) is 0 Å². The van der Waals surface area contributed by atoms with Gasteiger partial charge in [-0.15, -0.1) is 11.3 Å². The van der Waals surface area contributed by atoms with E-state index in [0.29, 0.717) is 24.3 Å². The molecule has 0 amide bonds. The van der Waals surface area contributed by atoms with E-state index in [1.807, 2.05) is 12.1 Å². The predicted molar refractivity (Wildman–Crippen MR) is 95.7 cm³/mol. The molecule has 2 aromatic rings. The Kier molecular flexibility index (Phi) is 5.55. The predicted octanol–water partition coefficient (Wildman–Crippen LogP) is 4.32. The summed E-state index contributed by atoms with van der Waals surface area (Å²) in [6, 6.07) is 8.24. The van der Waals surface area contributed by atoms with Crippen LogP contribution in [0.1, 0.15) is 55.8 Å². The van der Waals surface area contributed by atoms with Crippen LogP contribution >= 0.6 is 11.3 Å². The Morgan fingerprint density at radius 1 is 1.27 bits per heavy atom. The maximum absolute atomic E-state index is 5.96. The SMILES string of the molecule is CC(C)c1cccc(NC(N)=NCc2nc(C(C)C)cs2)c1. The molecule has 2 rings (SSSR count). The van der Waals surface area contributed by atoms with Crippen LogP contribution in [0, 0.1) is 0 Å². The normalized spacial score (nSPS) is 12.2. The first-order chi connectivity index (χ1) is 10.5. The third-order valence-corrected chi connectivity index (χ3v) is 4.22. The van der Waals surface area contributed by atoms with E-state index < -0.39 is 0 Å². The lowest BCUT2D eigenvalue weighted by Gasteiger charge is -2.09. The molecule has 0 aliphatic rings. The van der Waals surface area contributed by atoms with Crippen molar-refractivity contribution < 1.29 is 0 Å². The first-order valence-electron chi connectivity index (χ1n) is 7.57. The van der Waals surface area contributed by atoms with Crippen LogP contribution in [0.4, 0.5) is 5.69 Å². The van der Waals surface area contributed by atoms with Crippen LogP contribution in [0.2, 0.25) is 0 Å². The van der Waals surface area contributed by atoms with Gasteiger partial charge in [0.15, 0.2) is 5.96 Å². The van der Waals surface area contributed by atoms with Crippen molar-refractivity contribution in [1.82, 2.24) is 4.98 Å². The van der Waals surface area contributed by atoms with Gasteiger partial charge in [0.05, 0.1) is 12.2 Å². The van der Waals surface area contributed by atoms with Gasteiger partial charge in [-0.3, -0.25) is 0 Å². The van der Waals surface area contributed by atoms with Crippen LogP contribution in [-0.4, -0.2) is 10.9 Å². The highest BCUT2D eigenvalue weighted by Crippen LogP contribution is 2.19. The fraction of sp³-hybridized carbons (Fsp3) is 0.412. The van der Waals surface area contributed by atoms with Gasteiger partial charge in [-0.2, -0.15) is 0 Å². The first-order valence-corrected chi connectivity index (χ1v) is 8.45. The maximum atomic E-state index is 5.96. The molecule has 0 aliphatic carbocycles. The molecular weight excluding hydrogens is 292 g/mol. The fourth-order valence-corrected chi connectivity index (χ4v) is 2.86. The van der Waals surface area contributed by atoms with Gasteiger partial charge in [0.1, 0.15) is 5.01 Å². The first kappa shape index (κ1) is 16.5. The number of nitrogens with two attached hydrogens (primary N) is 1. The van der Waals surface area contributed by atoms with Gasteiger partial charge in [0.2, 0.25) is 0 Å². The molecule has 1 aromatic carbocycles. The molecule has 5 heteroatoms. The average Bonchev–Trinajstić information content (AvgIpc) is 2.94. The fourth-order valence-electron chi connectivity index (χ4n) is 1.98. The lowest BCUT2D eigenvalue weighted by Crippen LogP contribution is -2.22. The molecule has 0 unspecified atom stereocenters. The molecule has 22 heavy (non-hydrogen) atoms. The number of benzene rings is 1. The largest absolute Gasteiger partial charge is 0.370 e. The molecule has 0 fully saturated rings. The van der Waals surface area contributed by atoms with E-state index in [-0.39, 0.29) is 0 Å². The van der Waals surface area contributed by atoms with Crippen molar-refractivity contribution in [2.75, 3.05) is 5.32 Å².